The third-order valence-corrected chi connectivity index (χ3v) is 5.80. The Hall–Kier alpha value is -2.28. The second kappa shape index (κ2) is 9.78. The van der Waals surface area contributed by atoms with Crippen LogP contribution in [-0.2, 0) is 4.79 Å². The maximum atomic E-state index is 13.2. The number of hydrogen-bond donors (Lipinski definition) is 2. The van der Waals surface area contributed by atoms with E-state index in [4.69, 9.17) is 4.74 Å². The van der Waals surface area contributed by atoms with Gasteiger partial charge in [0.25, 0.3) is 0 Å². The molecule has 7 heteroatoms. The summed E-state index contributed by atoms with van der Waals surface area (Å²) >= 11 is 0. The zero-order chi connectivity index (χ0) is 19.9. The zero-order valence-corrected chi connectivity index (χ0v) is 16.9. The fraction of sp³-hybridized carbons (Fsp3) is 0.619. The summed E-state index contributed by atoms with van der Waals surface area (Å²) in [5.41, 5.74) is 0.787. The average molecular weight is 389 g/mol. The van der Waals surface area contributed by atoms with Gasteiger partial charge in [-0.3, -0.25) is 9.69 Å². The molecule has 1 unspecified atom stereocenters. The molecule has 0 spiro atoms. The second-order valence-corrected chi connectivity index (χ2v) is 7.57. The SMILES string of the molecule is CCNC(=O)N1CCN(C(C(=O)Nc2ccc(OC)cc2)C2CCCC2)CC1. The van der Waals surface area contributed by atoms with Gasteiger partial charge in [-0.25, -0.2) is 4.79 Å². The number of carbonyl (C=O) groups excluding carboxylic acids is 2. The lowest BCUT2D eigenvalue weighted by Gasteiger charge is -2.40. The van der Waals surface area contributed by atoms with Crippen molar-refractivity contribution >= 4 is 17.6 Å². The van der Waals surface area contributed by atoms with Gasteiger partial charge in [0.1, 0.15) is 5.75 Å². The fourth-order valence-corrected chi connectivity index (χ4v) is 4.31. The smallest absolute Gasteiger partial charge is 0.317 e. The van der Waals surface area contributed by atoms with Crippen LogP contribution in [0.5, 0.6) is 5.75 Å². The van der Waals surface area contributed by atoms with E-state index in [1.165, 1.54) is 12.8 Å². The highest BCUT2D eigenvalue weighted by molar-refractivity contribution is 5.95. The van der Waals surface area contributed by atoms with Crippen molar-refractivity contribution in [3.8, 4) is 5.75 Å². The topological polar surface area (TPSA) is 73.9 Å². The van der Waals surface area contributed by atoms with Gasteiger partial charge in [-0.1, -0.05) is 12.8 Å². The van der Waals surface area contributed by atoms with Gasteiger partial charge in [0, 0.05) is 38.4 Å². The van der Waals surface area contributed by atoms with Crippen molar-refractivity contribution in [2.45, 2.75) is 38.6 Å². The molecule has 3 rings (SSSR count). The van der Waals surface area contributed by atoms with E-state index in [0.29, 0.717) is 25.6 Å². The van der Waals surface area contributed by atoms with Crippen molar-refractivity contribution < 1.29 is 14.3 Å². The van der Waals surface area contributed by atoms with E-state index in [9.17, 15) is 9.59 Å². The number of amides is 3. The maximum Gasteiger partial charge on any atom is 0.317 e. The van der Waals surface area contributed by atoms with E-state index in [1.54, 1.807) is 7.11 Å². The molecule has 1 aliphatic carbocycles. The predicted molar refractivity (Wildman–Crippen MR) is 110 cm³/mol. The minimum Gasteiger partial charge on any atom is -0.497 e. The third kappa shape index (κ3) is 4.95. The molecule has 1 heterocycles. The molecule has 3 amide bonds. The molecule has 1 atom stereocenters. The minimum atomic E-state index is -0.138. The van der Waals surface area contributed by atoms with Crippen LogP contribution in [0.4, 0.5) is 10.5 Å². The summed E-state index contributed by atoms with van der Waals surface area (Å²) in [4.78, 5) is 29.4. The first-order valence-corrected chi connectivity index (χ1v) is 10.3. The predicted octanol–water partition coefficient (Wildman–Crippen LogP) is 2.54. The van der Waals surface area contributed by atoms with Gasteiger partial charge >= 0.3 is 6.03 Å². The molecule has 2 N–H and O–H groups in total. The van der Waals surface area contributed by atoms with Gasteiger partial charge in [0.05, 0.1) is 13.2 Å². The Labute approximate surface area is 167 Å². The lowest BCUT2D eigenvalue weighted by Crippen LogP contribution is -2.58. The average Bonchev–Trinajstić information content (AvgIpc) is 3.23. The molecular formula is C21H32N4O3. The van der Waals surface area contributed by atoms with Crippen molar-refractivity contribution in [2.24, 2.45) is 5.92 Å². The summed E-state index contributed by atoms with van der Waals surface area (Å²) in [5, 5.41) is 5.95. The van der Waals surface area contributed by atoms with Crippen LogP contribution in [0.3, 0.4) is 0 Å². The summed E-state index contributed by atoms with van der Waals surface area (Å²) in [6.45, 7) is 5.33. The van der Waals surface area contributed by atoms with E-state index in [0.717, 1.165) is 37.4 Å². The van der Waals surface area contributed by atoms with E-state index in [1.807, 2.05) is 36.1 Å². The molecule has 154 valence electrons. The zero-order valence-electron chi connectivity index (χ0n) is 16.9. The summed E-state index contributed by atoms with van der Waals surface area (Å²) in [6, 6.07) is 7.30. The molecule has 2 fully saturated rings. The highest BCUT2D eigenvalue weighted by Gasteiger charge is 2.37. The van der Waals surface area contributed by atoms with Gasteiger partial charge in [0.2, 0.25) is 5.91 Å². The van der Waals surface area contributed by atoms with Crippen LogP contribution >= 0.6 is 0 Å². The van der Waals surface area contributed by atoms with Crippen molar-refractivity contribution in [1.29, 1.82) is 0 Å². The monoisotopic (exact) mass is 388 g/mol. The molecule has 0 bridgehead atoms. The van der Waals surface area contributed by atoms with E-state index >= 15 is 0 Å². The first kappa shape index (κ1) is 20.5. The van der Waals surface area contributed by atoms with Crippen LogP contribution in [0.15, 0.2) is 24.3 Å². The molecule has 7 nitrogen and oxygen atoms in total. The Morgan fingerprint density at radius 3 is 2.32 bits per heavy atom. The molecule has 1 aliphatic heterocycles. The van der Waals surface area contributed by atoms with Gasteiger partial charge in [-0.2, -0.15) is 0 Å². The highest BCUT2D eigenvalue weighted by Crippen LogP contribution is 2.31. The first-order chi connectivity index (χ1) is 13.6. The van der Waals surface area contributed by atoms with Crippen LogP contribution in [-0.4, -0.2) is 67.6 Å². The molecule has 1 saturated carbocycles. The number of piperazine rings is 1. The summed E-state index contributed by atoms with van der Waals surface area (Å²) in [7, 11) is 1.63. The number of carbonyl (C=O) groups is 2. The van der Waals surface area contributed by atoms with Gasteiger partial charge in [0.15, 0.2) is 0 Å². The van der Waals surface area contributed by atoms with E-state index < -0.39 is 0 Å². The maximum absolute atomic E-state index is 13.2. The number of urea groups is 1. The summed E-state index contributed by atoms with van der Waals surface area (Å²) < 4.78 is 5.19. The van der Waals surface area contributed by atoms with E-state index in [-0.39, 0.29) is 18.0 Å². The number of anilines is 1. The number of nitrogens with one attached hydrogen (secondary N) is 2. The molecule has 0 radical (unpaired) electrons. The van der Waals surface area contributed by atoms with Gasteiger partial charge in [-0.15, -0.1) is 0 Å². The molecule has 1 saturated heterocycles. The Bertz CT molecular complexity index is 650. The normalized spacial score (nSPS) is 19.3. The van der Waals surface area contributed by atoms with Crippen LogP contribution in [0.25, 0.3) is 0 Å². The second-order valence-electron chi connectivity index (χ2n) is 7.57. The lowest BCUT2D eigenvalue weighted by molar-refractivity contribution is -0.123. The third-order valence-electron chi connectivity index (χ3n) is 5.80. The Morgan fingerprint density at radius 1 is 1.11 bits per heavy atom. The quantitative estimate of drug-likeness (QED) is 0.785. The minimum absolute atomic E-state index is 0.0118. The largest absolute Gasteiger partial charge is 0.497 e. The van der Waals surface area contributed by atoms with Crippen molar-refractivity contribution in [2.75, 3.05) is 45.2 Å². The molecule has 1 aromatic carbocycles. The van der Waals surface area contributed by atoms with Crippen LogP contribution < -0.4 is 15.4 Å². The summed E-state index contributed by atoms with van der Waals surface area (Å²) in [5.74, 6) is 1.21. The highest BCUT2D eigenvalue weighted by atomic mass is 16.5. The summed E-state index contributed by atoms with van der Waals surface area (Å²) in [6.07, 6.45) is 4.57. The molecule has 1 aromatic rings. The number of ether oxygens (including phenoxy) is 1. The van der Waals surface area contributed by atoms with Crippen molar-refractivity contribution in [3.05, 3.63) is 24.3 Å². The molecule has 28 heavy (non-hydrogen) atoms. The van der Waals surface area contributed by atoms with Crippen LogP contribution in [0.2, 0.25) is 0 Å². The molecule has 2 aliphatic rings. The van der Waals surface area contributed by atoms with E-state index in [2.05, 4.69) is 15.5 Å². The van der Waals surface area contributed by atoms with Gasteiger partial charge < -0.3 is 20.3 Å². The first-order valence-electron chi connectivity index (χ1n) is 10.3. The Balaban J connectivity index is 1.65. The van der Waals surface area contributed by atoms with Gasteiger partial charge in [-0.05, 0) is 49.9 Å². The number of nitrogens with zero attached hydrogens (tertiary/aromatic N) is 2. The number of rotatable bonds is 6. The van der Waals surface area contributed by atoms with Crippen molar-refractivity contribution in [3.63, 3.8) is 0 Å². The Kier molecular flexibility index (Phi) is 7.14. The number of hydrogen-bond acceptors (Lipinski definition) is 4. The standard InChI is InChI=1S/C21H32N4O3/c1-3-22-21(27)25-14-12-24(13-15-25)19(16-6-4-5-7-16)20(26)23-17-8-10-18(28-2)11-9-17/h8-11,16,19H,3-7,12-15H2,1-2H3,(H,22,27)(H,23,26). The molecular weight excluding hydrogens is 356 g/mol. The number of methoxy groups -OCH3 is 1. The fourth-order valence-electron chi connectivity index (χ4n) is 4.31. The van der Waals surface area contributed by atoms with Crippen LogP contribution in [0, 0.1) is 5.92 Å². The van der Waals surface area contributed by atoms with Crippen LogP contribution in [0.1, 0.15) is 32.6 Å². The lowest BCUT2D eigenvalue weighted by atomic mass is 9.95. The Morgan fingerprint density at radius 2 is 1.75 bits per heavy atom. The number of benzene rings is 1. The van der Waals surface area contributed by atoms with Crippen molar-refractivity contribution in [1.82, 2.24) is 15.1 Å². The molecule has 0 aromatic heterocycles.